The van der Waals surface area contributed by atoms with Crippen LogP contribution in [-0.4, -0.2) is 29.8 Å². The van der Waals surface area contributed by atoms with Crippen molar-refractivity contribution in [2.24, 2.45) is 0 Å². The van der Waals surface area contributed by atoms with Crippen molar-refractivity contribution >= 4 is 33.4 Å². The summed E-state index contributed by atoms with van der Waals surface area (Å²) in [5.41, 5.74) is 0.687. The van der Waals surface area contributed by atoms with Gasteiger partial charge in [0.25, 0.3) is 0 Å². The second-order valence-electron chi connectivity index (χ2n) is 4.81. The van der Waals surface area contributed by atoms with Gasteiger partial charge in [-0.1, -0.05) is 35.3 Å². The van der Waals surface area contributed by atoms with Crippen molar-refractivity contribution in [2.45, 2.75) is 37.9 Å². The molecule has 0 aliphatic heterocycles. The number of anilines is 1. The van der Waals surface area contributed by atoms with Crippen LogP contribution in [0.2, 0.25) is 0 Å². The standard InChI is InChI=1S/C16H23BrN2O3/c1-3-6-14(17)16(21)18-10-9-15(20)19-12-7-5-8-13(11-12)22-4-2/h5,7-8,11,14H,3-4,6,9-10H2,1-2H3,(H,18,21)(H,19,20)/t14-/m0/s1. The van der Waals surface area contributed by atoms with Gasteiger partial charge in [0, 0.05) is 24.7 Å². The zero-order valence-corrected chi connectivity index (χ0v) is 14.6. The molecular formula is C16H23BrN2O3. The first kappa shape index (κ1) is 18.5. The SMILES string of the molecule is CCC[C@H](Br)C(=O)NCCC(=O)Nc1cccc(OCC)c1. The third-order valence-corrected chi connectivity index (χ3v) is 3.78. The Labute approximate surface area is 139 Å². The molecule has 1 aromatic carbocycles. The molecule has 0 saturated heterocycles. The van der Waals surface area contributed by atoms with Crippen LogP contribution in [0.1, 0.15) is 33.1 Å². The lowest BCUT2D eigenvalue weighted by Crippen LogP contribution is -2.33. The van der Waals surface area contributed by atoms with E-state index in [0.29, 0.717) is 18.8 Å². The van der Waals surface area contributed by atoms with E-state index in [1.54, 1.807) is 12.1 Å². The number of hydrogen-bond donors (Lipinski definition) is 2. The van der Waals surface area contributed by atoms with Gasteiger partial charge < -0.3 is 15.4 Å². The zero-order chi connectivity index (χ0) is 16.4. The van der Waals surface area contributed by atoms with Gasteiger partial charge in [-0.2, -0.15) is 0 Å². The molecule has 2 amide bonds. The number of amides is 2. The van der Waals surface area contributed by atoms with Gasteiger partial charge in [0.2, 0.25) is 11.8 Å². The summed E-state index contributed by atoms with van der Waals surface area (Å²) in [5.74, 6) is 0.499. The lowest BCUT2D eigenvalue weighted by Gasteiger charge is -2.10. The number of alkyl halides is 1. The summed E-state index contributed by atoms with van der Waals surface area (Å²) in [7, 11) is 0. The smallest absolute Gasteiger partial charge is 0.233 e. The Hall–Kier alpha value is -1.56. The van der Waals surface area contributed by atoms with Crippen LogP contribution in [0.15, 0.2) is 24.3 Å². The van der Waals surface area contributed by atoms with E-state index < -0.39 is 0 Å². The molecule has 2 N–H and O–H groups in total. The minimum absolute atomic E-state index is 0.0759. The third kappa shape index (κ3) is 6.93. The van der Waals surface area contributed by atoms with E-state index >= 15 is 0 Å². The van der Waals surface area contributed by atoms with Gasteiger partial charge in [0.05, 0.1) is 11.4 Å². The summed E-state index contributed by atoms with van der Waals surface area (Å²) in [6.45, 7) is 4.82. The Balaban J connectivity index is 2.34. The van der Waals surface area contributed by atoms with E-state index in [1.165, 1.54) is 0 Å². The van der Waals surface area contributed by atoms with Crippen LogP contribution in [0.3, 0.4) is 0 Å². The maximum atomic E-state index is 11.8. The van der Waals surface area contributed by atoms with Crippen LogP contribution in [0.4, 0.5) is 5.69 Å². The van der Waals surface area contributed by atoms with Crippen LogP contribution < -0.4 is 15.4 Å². The zero-order valence-electron chi connectivity index (χ0n) is 13.0. The van der Waals surface area contributed by atoms with Crippen LogP contribution >= 0.6 is 15.9 Å². The molecule has 0 saturated carbocycles. The molecule has 0 bridgehead atoms. The molecule has 1 atom stereocenters. The Morgan fingerprint density at radius 1 is 1.32 bits per heavy atom. The van der Waals surface area contributed by atoms with Gasteiger partial charge >= 0.3 is 0 Å². The highest BCUT2D eigenvalue weighted by molar-refractivity contribution is 9.10. The number of benzene rings is 1. The van der Waals surface area contributed by atoms with Crippen LogP contribution in [0, 0.1) is 0 Å². The predicted octanol–water partition coefficient (Wildman–Crippen LogP) is 3.09. The second-order valence-corrected chi connectivity index (χ2v) is 5.91. The molecule has 5 nitrogen and oxygen atoms in total. The molecule has 0 aliphatic rings. The summed E-state index contributed by atoms with van der Waals surface area (Å²) in [6, 6.07) is 7.23. The monoisotopic (exact) mass is 370 g/mol. The van der Waals surface area contributed by atoms with Gasteiger partial charge in [-0.05, 0) is 25.5 Å². The van der Waals surface area contributed by atoms with Gasteiger partial charge in [0.15, 0.2) is 0 Å². The molecule has 0 aliphatic carbocycles. The predicted molar refractivity (Wildman–Crippen MR) is 91.5 cm³/mol. The highest BCUT2D eigenvalue weighted by Gasteiger charge is 2.13. The van der Waals surface area contributed by atoms with E-state index in [0.717, 1.165) is 18.6 Å². The molecule has 0 aromatic heterocycles. The first-order chi connectivity index (χ1) is 10.6. The molecule has 122 valence electrons. The number of carbonyl (C=O) groups is 2. The number of rotatable bonds is 9. The largest absolute Gasteiger partial charge is 0.494 e. The lowest BCUT2D eigenvalue weighted by molar-refractivity contribution is -0.120. The highest BCUT2D eigenvalue weighted by Crippen LogP contribution is 2.17. The fourth-order valence-corrected chi connectivity index (χ4v) is 2.47. The molecule has 22 heavy (non-hydrogen) atoms. The number of hydrogen-bond acceptors (Lipinski definition) is 3. The Morgan fingerprint density at radius 3 is 2.77 bits per heavy atom. The summed E-state index contributed by atoms with van der Waals surface area (Å²) >= 11 is 3.32. The fourth-order valence-electron chi connectivity index (χ4n) is 1.85. The van der Waals surface area contributed by atoms with Gasteiger partial charge in [-0.15, -0.1) is 0 Å². The average Bonchev–Trinajstić information content (AvgIpc) is 2.48. The van der Waals surface area contributed by atoms with Gasteiger partial charge in [-0.25, -0.2) is 0 Å². The van der Waals surface area contributed by atoms with Crippen molar-refractivity contribution in [1.82, 2.24) is 5.32 Å². The second kappa shape index (κ2) is 10.2. The van der Waals surface area contributed by atoms with Crippen molar-refractivity contribution in [3.05, 3.63) is 24.3 Å². The minimum atomic E-state index is -0.191. The topological polar surface area (TPSA) is 67.4 Å². The molecule has 6 heteroatoms. The molecule has 1 rings (SSSR count). The highest BCUT2D eigenvalue weighted by atomic mass is 79.9. The van der Waals surface area contributed by atoms with E-state index in [2.05, 4.69) is 26.6 Å². The first-order valence-electron chi connectivity index (χ1n) is 7.51. The van der Waals surface area contributed by atoms with Crippen molar-refractivity contribution in [3.8, 4) is 5.75 Å². The van der Waals surface area contributed by atoms with Crippen LogP contribution in [-0.2, 0) is 9.59 Å². The number of ether oxygens (including phenoxy) is 1. The van der Waals surface area contributed by atoms with E-state index in [4.69, 9.17) is 4.74 Å². The van der Waals surface area contributed by atoms with Crippen molar-refractivity contribution in [1.29, 1.82) is 0 Å². The molecular weight excluding hydrogens is 348 g/mol. The maximum absolute atomic E-state index is 11.8. The van der Waals surface area contributed by atoms with E-state index in [1.807, 2.05) is 26.0 Å². The van der Waals surface area contributed by atoms with Gasteiger partial charge in [0.1, 0.15) is 5.75 Å². The Morgan fingerprint density at radius 2 is 2.09 bits per heavy atom. The number of carbonyl (C=O) groups excluding carboxylic acids is 2. The van der Waals surface area contributed by atoms with Crippen molar-refractivity contribution in [2.75, 3.05) is 18.5 Å². The molecule has 0 radical (unpaired) electrons. The van der Waals surface area contributed by atoms with Crippen LogP contribution in [0.25, 0.3) is 0 Å². The quantitative estimate of drug-likeness (QED) is 0.656. The van der Waals surface area contributed by atoms with Gasteiger partial charge in [-0.3, -0.25) is 9.59 Å². The maximum Gasteiger partial charge on any atom is 0.233 e. The summed E-state index contributed by atoms with van der Waals surface area (Å²) in [6.07, 6.45) is 1.94. The molecule has 0 fully saturated rings. The number of halogens is 1. The molecule has 0 spiro atoms. The first-order valence-corrected chi connectivity index (χ1v) is 8.42. The molecule has 1 aromatic rings. The summed E-state index contributed by atoms with van der Waals surface area (Å²) in [5, 5.41) is 5.53. The Bertz CT molecular complexity index is 494. The fraction of sp³-hybridized carbons (Fsp3) is 0.500. The molecule has 0 unspecified atom stereocenters. The third-order valence-electron chi connectivity index (χ3n) is 2.91. The summed E-state index contributed by atoms with van der Waals surface area (Å²) < 4.78 is 5.38. The summed E-state index contributed by atoms with van der Waals surface area (Å²) in [4.78, 5) is 23.3. The number of nitrogens with one attached hydrogen (secondary N) is 2. The lowest BCUT2D eigenvalue weighted by atomic mass is 10.2. The Kier molecular flexibility index (Phi) is 8.58. The normalized spacial score (nSPS) is 11.6. The van der Waals surface area contributed by atoms with Crippen LogP contribution in [0.5, 0.6) is 5.75 Å². The molecule has 0 heterocycles. The van der Waals surface area contributed by atoms with E-state index in [-0.39, 0.29) is 23.1 Å². The minimum Gasteiger partial charge on any atom is -0.494 e. The van der Waals surface area contributed by atoms with Crippen molar-refractivity contribution < 1.29 is 14.3 Å². The van der Waals surface area contributed by atoms with Crippen molar-refractivity contribution in [3.63, 3.8) is 0 Å². The average molecular weight is 371 g/mol. The van der Waals surface area contributed by atoms with E-state index in [9.17, 15) is 9.59 Å².